The minimum atomic E-state index is -0.734. The van der Waals surface area contributed by atoms with E-state index < -0.39 is 5.97 Å². The third kappa shape index (κ3) is 3.54. The van der Waals surface area contributed by atoms with Gasteiger partial charge in [0, 0.05) is 51.7 Å². The highest BCUT2D eigenvalue weighted by Gasteiger charge is 2.24. The molecule has 6 nitrogen and oxygen atoms in total. The summed E-state index contributed by atoms with van der Waals surface area (Å²) in [5, 5.41) is 8.99. The Morgan fingerprint density at radius 3 is 2.58 bits per heavy atom. The van der Waals surface area contributed by atoms with E-state index in [1.165, 1.54) is 0 Å². The summed E-state index contributed by atoms with van der Waals surface area (Å²) in [5.74, 6) is 0.306. The van der Waals surface area contributed by atoms with Gasteiger partial charge in [-0.15, -0.1) is 0 Å². The first-order valence-corrected chi connectivity index (χ1v) is 6.75. The van der Waals surface area contributed by atoms with Crippen LogP contribution >= 0.6 is 0 Å². The number of carboxylic acid groups (broad SMARTS) is 1. The zero-order chi connectivity index (χ0) is 13.8. The van der Waals surface area contributed by atoms with E-state index in [0.717, 1.165) is 45.1 Å². The topological polar surface area (TPSA) is 61.6 Å². The number of rotatable bonds is 5. The van der Waals surface area contributed by atoms with Crippen molar-refractivity contribution in [2.45, 2.75) is 26.4 Å². The molecular weight excluding hydrogens is 244 g/mol. The molecule has 0 spiro atoms. The largest absolute Gasteiger partial charge is 0.480 e. The summed E-state index contributed by atoms with van der Waals surface area (Å²) in [7, 11) is 0. The van der Waals surface area contributed by atoms with Crippen LogP contribution in [-0.4, -0.2) is 69.2 Å². The van der Waals surface area contributed by atoms with E-state index >= 15 is 0 Å². The van der Waals surface area contributed by atoms with Gasteiger partial charge in [-0.25, -0.2) is 4.98 Å². The first-order valence-electron chi connectivity index (χ1n) is 6.75. The predicted octanol–water partition coefficient (Wildman–Crippen LogP) is 0.282. The molecule has 0 aliphatic carbocycles. The lowest BCUT2D eigenvalue weighted by molar-refractivity contribution is -0.143. The molecule has 1 aliphatic rings. The van der Waals surface area contributed by atoms with Crippen LogP contribution in [0.2, 0.25) is 0 Å². The van der Waals surface area contributed by atoms with Gasteiger partial charge < -0.3 is 9.67 Å². The standard InChI is InChI=1S/C13H22N4O2/c1-11(13(18)19)16-8-5-15(6-9-16)7-10-17-4-3-14-12(17)2/h3-4,11H,5-10H2,1-2H3,(H,18,19). The minimum absolute atomic E-state index is 0.377. The van der Waals surface area contributed by atoms with Crippen molar-refractivity contribution in [1.82, 2.24) is 19.4 Å². The number of nitrogens with zero attached hydrogens (tertiary/aromatic N) is 4. The Kier molecular flexibility index (Phi) is 4.55. The second kappa shape index (κ2) is 6.16. The van der Waals surface area contributed by atoms with Crippen molar-refractivity contribution in [2.24, 2.45) is 0 Å². The van der Waals surface area contributed by atoms with E-state index in [4.69, 9.17) is 5.11 Å². The molecule has 1 aliphatic heterocycles. The third-order valence-corrected chi connectivity index (χ3v) is 3.89. The van der Waals surface area contributed by atoms with Crippen molar-refractivity contribution >= 4 is 5.97 Å². The van der Waals surface area contributed by atoms with Gasteiger partial charge in [0.25, 0.3) is 0 Å². The van der Waals surface area contributed by atoms with Crippen LogP contribution in [0, 0.1) is 6.92 Å². The number of piperazine rings is 1. The Bertz CT molecular complexity index is 424. The van der Waals surface area contributed by atoms with E-state index in [9.17, 15) is 4.79 Å². The highest BCUT2D eigenvalue weighted by molar-refractivity contribution is 5.72. The molecule has 19 heavy (non-hydrogen) atoms. The van der Waals surface area contributed by atoms with Gasteiger partial charge in [0.05, 0.1) is 0 Å². The summed E-state index contributed by atoms with van der Waals surface area (Å²) in [4.78, 5) is 19.5. The van der Waals surface area contributed by atoms with Gasteiger partial charge in [-0.3, -0.25) is 14.6 Å². The molecule has 1 aromatic rings. The van der Waals surface area contributed by atoms with Gasteiger partial charge in [0.1, 0.15) is 11.9 Å². The number of aliphatic carboxylic acids is 1. The maximum Gasteiger partial charge on any atom is 0.320 e. The summed E-state index contributed by atoms with van der Waals surface area (Å²) in [6.45, 7) is 9.23. The molecule has 0 saturated carbocycles. The van der Waals surface area contributed by atoms with Crippen LogP contribution in [0.15, 0.2) is 12.4 Å². The maximum atomic E-state index is 10.9. The Morgan fingerprint density at radius 1 is 1.37 bits per heavy atom. The molecule has 6 heteroatoms. The van der Waals surface area contributed by atoms with Crippen LogP contribution in [0.1, 0.15) is 12.7 Å². The van der Waals surface area contributed by atoms with Gasteiger partial charge in [-0.1, -0.05) is 0 Å². The zero-order valence-electron chi connectivity index (χ0n) is 11.6. The van der Waals surface area contributed by atoms with E-state index in [1.54, 1.807) is 6.92 Å². The SMILES string of the molecule is Cc1nccn1CCN1CCN(C(C)C(=O)O)CC1. The van der Waals surface area contributed by atoms with Gasteiger partial charge in [0.2, 0.25) is 0 Å². The Hall–Kier alpha value is -1.40. The van der Waals surface area contributed by atoms with Crippen LogP contribution in [-0.2, 0) is 11.3 Å². The molecule has 0 amide bonds. The van der Waals surface area contributed by atoms with E-state index in [1.807, 2.05) is 24.2 Å². The molecule has 0 bridgehead atoms. The van der Waals surface area contributed by atoms with Crippen LogP contribution in [0.25, 0.3) is 0 Å². The lowest BCUT2D eigenvalue weighted by Crippen LogP contribution is -2.52. The maximum absolute atomic E-state index is 10.9. The highest BCUT2D eigenvalue weighted by atomic mass is 16.4. The molecule has 2 rings (SSSR count). The van der Waals surface area contributed by atoms with E-state index in [-0.39, 0.29) is 6.04 Å². The van der Waals surface area contributed by atoms with E-state index in [2.05, 4.69) is 14.5 Å². The number of aromatic nitrogens is 2. The van der Waals surface area contributed by atoms with Gasteiger partial charge >= 0.3 is 5.97 Å². The van der Waals surface area contributed by atoms with Crippen LogP contribution in [0.5, 0.6) is 0 Å². The van der Waals surface area contributed by atoms with Crippen LogP contribution in [0.3, 0.4) is 0 Å². The molecular formula is C13H22N4O2. The molecule has 0 aromatic carbocycles. The zero-order valence-corrected chi connectivity index (χ0v) is 11.6. The fourth-order valence-corrected chi connectivity index (χ4v) is 2.42. The second-order valence-electron chi connectivity index (χ2n) is 5.06. The van der Waals surface area contributed by atoms with Crippen molar-refractivity contribution in [3.05, 3.63) is 18.2 Å². The second-order valence-corrected chi connectivity index (χ2v) is 5.06. The predicted molar refractivity (Wildman–Crippen MR) is 72.1 cm³/mol. The van der Waals surface area contributed by atoms with Crippen molar-refractivity contribution in [1.29, 1.82) is 0 Å². The number of hydrogen-bond donors (Lipinski definition) is 1. The van der Waals surface area contributed by atoms with Crippen molar-refractivity contribution in [2.75, 3.05) is 32.7 Å². The summed E-state index contributed by atoms with van der Waals surface area (Å²) >= 11 is 0. The number of imidazole rings is 1. The fourth-order valence-electron chi connectivity index (χ4n) is 2.42. The van der Waals surface area contributed by atoms with E-state index in [0.29, 0.717) is 0 Å². The number of hydrogen-bond acceptors (Lipinski definition) is 4. The van der Waals surface area contributed by atoms with Crippen molar-refractivity contribution < 1.29 is 9.90 Å². The molecule has 0 radical (unpaired) electrons. The minimum Gasteiger partial charge on any atom is -0.480 e. The monoisotopic (exact) mass is 266 g/mol. The van der Waals surface area contributed by atoms with Crippen molar-refractivity contribution in [3.8, 4) is 0 Å². The number of carboxylic acids is 1. The highest BCUT2D eigenvalue weighted by Crippen LogP contribution is 2.07. The molecule has 1 fully saturated rings. The average molecular weight is 266 g/mol. The lowest BCUT2D eigenvalue weighted by Gasteiger charge is -2.36. The molecule has 1 aromatic heterocycles. The average Bonchev–Trinajstić information content (AvgIpc) is 2.81. The van der Waals surface area contributed by atoms with Gasteiger partial charge in [-0.2, -0.15) is 0 Å². The normalized spacial score (nSPS) is 19.5. The molecule has 1 unspecified atom stereocenters. The Balaban J connectivity index is 1.75. The third-order valence-electron chi connectivity index (χ3n) is 3.89. The summed E-state index contributed by atoms with van der Waals surface area (Å²) in [5.41, 5.74) is 0. The fraction of sp³-hybridized carbons (Fsp3) is 0.692. The molecule has 1 N–H and O–H groups in total. The summed E-state index contributed by atoms with van der Waals surface area (Å²) < 4.78 is 2.15. The van der Waals surface area contributed by atoms with Crippen LogP contribution < -0.4 is 0 Å². The molecule has 2 heterocycles. The smallest absolute Gasteiger partial charge is 0.320 e. The first kappa shape index (κ1) is 14.0. The number of aryl methyl sites for hydroxylation is 1. The summed E-state index contributed by atoms with van der Waals surface area (Å²) in [6, 6.07) is -0.377. The quantitative estimate of drug-likeness (QED) is 0.829. The Labute approximate surface area is 113 Å². The summed E-state index contributed by atoms with van der Waals surface area (Å²) in [6.07, 6.45) is 3.82. The van der Waals surface area contributed by atoms with Gasteiger partial charge in [0.15, 0.2) is 0 Å². The lowest BCUT2D eigenvalue weighted by atomic mass is 10.2. The molecule has 1 atom stereocenters. The van der Waals surface area contributed by atoms with Gasteiger partial charge in [-0.05, 0) is 13.8 Å². The van der Waals surface area contributed by atoms with Crippen molar-refractivity contribution in [3.63, 3.8) is 0 Å². The Morgan fingerprint density at radius 2 is 2.05 bits per heavy atom. The molecule has 106 valence electrons. The molecule has 1 saturated heterocycles. The number of carbonyl (C=O) groups is 1. The first-order chi connectivity index (χ1) is 9.08. The van der Waals surface area contributed by atoms with Crippen LogP contribution in [0.4, 0.5) is 0 Å².